The third-order valence-electron chi connectivity index (χ3n) is 7.08. The lowest BCUT2D eigenvalue weighted by Gasteiger charge is -2.32. The molecule has 0 radical (unpaired) electrons. The van der Waals surface area contributed by atoms with Gasteiger partial charge in [-0.3, -0.25) is 4.90 Å². The van der Waals surface area contributed by atoms with Gasteiger partial charge in [0.25, 0.3) is 0 Å². The summed E-state index contributed by atoms with van der Waals surface area (Å²) < 4.78 is 7.86. The van der Waals surface area contributed by atoms with Crippen LogP contribution in [0.5, 0.6) is 0 Å². The third-order valence-corrected chi connectivity index (χ3v) is 7.08. The smallest absolute Gasteiger partial charge is 0.338 e. The van der Waals surface area contributed by atoms with Crippen LogP contribution in [-0.2, 0) is 11.3 Å². The zero-order valence-corrected chi connectivity index (χ0v) is 19.1. The molecule has 1 saturated carbocycles. The van der Waals surface area contributed by atoms with Crippen LogP contribution in [0.4, 0.5) is 0 Å². The van der Waals surface area contributed by atoms with Crippen molar-refractivity contribution in [1.82, 2.24) is 19.9 Å². The van der Waals surface area contributed by atoms with Gasteiger partial charge < -0.3 is 4.74 Å². The van der Waals surface area contributed by atoms with Crippen molar-refractivity contribution in [2.45, 2.75) is 63.1 Å². The molecule has 6 heteroatoms. The summed E-state index contributed by atoms with van der Waals surface area (Å²) in [5.74, 6) is 0.398. The summed E-state index contributed by atoms with van der Waals surface area (Å²) in [7, 11) is 0. The van der Waals surface area contributed by atoms with E-state index in [0.717, 1.165) is 51.0 Å². The molecule has 2 fully saturated rings. The predicted molar refractivity (Wildman–Crippen MR) is 127 cm³/mol. The highest BCUT2D eigenvalue weighted by Crippen LogP contribution is 2.32. The second kappa shape index (κ2) is 10.3. The Morgan fingerprint density at radius 1 is 0.909 bits per heavy atom. The van der Waals surface area contributed by atoms with Crippen LogP contribution in [0.15, 0.2) is 66.9 Å². The van der Waals surface area contributed by atoms with E-state index in [4.69, 9.17) is 4.74 Å². The number of rotatable bonds is 6. The van der Waals surface area contributed by atoms with Gasteiger partial charge in [-0.25, -0.2) is 9.48 Å². The Labute approximate surface area is 195 Å². The van der Waals surface area contributed by atoms with E-state index in [9.17, 15) is 4.79 Å². The highest BCUT2D eigenvalue weighted by atomic mass is 16.5. The molecule has 0 unspecified atom stereocenters. The van der Waals surface area contributed by atoms with Gasteiger partial charge in [-0.05, 0) is 68.8 Å². The molecule has 2 aromatic carbocycles. The number of carbonyl (C=O) groups excluding carboxylic acids is 1. The molecule has 2 heterocycles. The van der Waals surface area contributed by atoms with Crippen molar-refractivity contribution in [3.8, 4) is 0 Å². The van der Waals surface area contributed by atoms with E-state index < -0.39 is 0 Å². The quantitative estimate of drug-likeness (QED) is 0.501. The van der Waals surface area contributed by atoms with Gasteiger partial charge in [0.05, 0.1) is 23.5 Å². The van der Waals surface area contributed by atoms with E-state index >= 15 is 0 Å². The Hall–Kier alpha value is -2.99. The van der Waals surface area contributed by atoms with Crippen LogP contribution in [0, 0.1) is 0 Å². The minimum absolute atomic E-state index is 0.0523. The van der Waals surface area contributed by atoms with Crippen molar-refractivity contribution < 1.29 is 9.53 Å². The van der Waals surface area contributed by atoms with E-state index in [1.165, 1.54) is 18.4 Å². The lowest BCUT2D eigenvalue weighted by atomic mass is 9.89. The van der Waals surface area contributed by atoms with E-state index in [0.29, 0.717) is 11.5 Å². The Bertz CT molecular complexity index is 1030. The molecule has 1 aromatic heterocycles. The molecule has 33 heavy (non-hydrogen) atoms. The van der Waals surface area contributed by atoms with Gasteiger partial charge in [0.15, 0.2) is 0 Å². The maximum atomic E-state index is 12.6. The van der Waals surface area contributed by atoms with Gasteiger partial charge in [-0.1, -0.05) is 60.2 Å². The number of likely N-dealkylation sites (tertiary alicyclic amines) is 1. The van der Waals surface area contributed by atoms with Crippen LogP contribution < -0.4 is 0 Å². The summed E-state index contributed by atoms with van der Waals surface area (Å²) in [5, 5.41) is 8.91. The highest BCUT2D eigenvalue weighted by molar-refractivity contribution is 5.89. The zero-order chi connectivity index (χ0) is 22.5. The molecule has 0 N–H and O–H groups in total. The van der Waals surface area contributed by atoms with Crippen molar-refractivity contribution in [1.29, 1.82) is 0 Å². The van der Waals surface area contributed by atoms with Gasteiger partial charge in [0.1, 0.15) is 6.10 Å². The first-order chi connectivity index (χ1) is 16.3. The average molecular weight is 445 g/mol. The van der Waals surface area contributed by atoms with E-state index in [1.54, 1.807) is 12.1 Å². The lowest BCUT2D eigenvalue weighted by molar-refractivity contribution is 0.00176. The van der Waals surface area contributed by atoms with Gasteiger partial charge in [0, 0.05) is 6.54 Å². The van der Waals surface area contributed by atoms with Crippen LogP contribution >= 0.6 is 0 Å². The maximum absolute atomic E-state index is 12.6. The first-order valence-corrected chi connectivity index (χ1v) is 12.2. The van der Waals surface area contributed by atoms with Crippen LogP contribution in [-0.4, -0.2) is 45.1 Å². The number of carbonyl (C=O) groups is 1. The number of hydrogen-bond donors (Lipinski definition) is 0. The van der Waals surface area contributed by atoms with Crippen LogP contribution in [0.3, 0.4) is 0 Å². The predicted octanol–water partition coefficient (Wildman–Crippen LogP) is 5.00. The molecule has 0 bridgehead atoms. The monoisotopic (exact) mass is 444 g/mol. The number of nitrogens with zero attached hydrogens (tertiary/aromatic N) is 4. The normalized spacial score (nSPS) is 22.2. The summed E-state index contributed by atoms with van der Waals surface area (Å²) in [6.07, 6.45) is 8.26. The SMILES string of the molecule is O=C(O[C@@H]1CCCC[C@H]1n1cc(CN2CCC(c3ccccc3)CC2)nn1)c1ccccc1. The fourth-order valence-corrected chi connectivity index (χ4v) is 5.22. The summed E-state index contributed by atoms with van der Waals surface area (Å²) in [6, 6.07) is 20.1. The van der Waals surface area contributed by atoms with Gasteiger partial charge in [-0.2, -0.15) is 0 Å². The molecule has 1 aliphatic heterocycles. The second-order valence-electron chi connectivity index (χ2n) is 9.31. The van der Waals surface area contributed by atoms with Crippen molar-refractivity contribution in [2.75, 3.05) is 13.1 Å². The Morgan fingerprint density at radius 2 is 1.61 bits per heavy atom. The lowest BCUT2D eigenvalue weighted by Crippen LogP contribution is -2.33. The van der Waals surface area contributed by atoms with Crippen LogP contribution in [0.2, 0.25) is 0 Å². The molecule has 0 spiro atoms. The Morgan fingerprint density at radius 3 is 2.36 bits per heavy atom. The first kappa shape index (κ1) is 21.8. The number of benzene rings is 2. The molecule has 2 atom stereocenters. The van der Waals surface area contributed by atoms with Crippen molar-refractivity contribution in [2.24, 2.45) is 0 Å². The van der Waals surface area contributed by atoms with Gasteiger partial charge in [-0.15, -0.1) is 5.10 Å². The number of piperidine rings is 1. The highest BCUT2D eigenvalue weighted by Gasteiger charge is 2.31. The van der Waals surface area contributed by atoms with Crippen molar-refractivity contribution >= 4 is 5.97 Å². The molecule has 0 amide bonds. The molecular formula is C27H32N4O2. The summed E-state index contributed by atoms with van der Waals surface area (Å²) in [6.45, 7) is 2.98. The van der Waals surface area contributed by atoms with E-state index in [1.807, 2.05) is 22.9 Å². The van der Waals surface area contributed by atoms with Crippen LogP contribution in [0.1, 0.15) is 72.1 Å². The molecule has 5 rings (SSSR count). The van der Waals surface area contributed by atoms with Crippen molar-refractivity contribution in [3.63, 3.8) is 0 Å². The Kier molecular flexibility index (Phi) is 6.81. The number of ether oxygens (including phenoxy) is 1. The molecule has 1 aliphatic carbocycles. The number of aromatic nitrogens is 3. The molecular weight excluding hydrogens is 412 g/mol. The number of esters is 1. The second-order valence-corrected chi connectivity index (χ2v) is 9.31. The van der Waals surface area contributed by atoms with Crippen LogP contribution in [0.25, 0.3) is 0 Å². The standard InChI is InChI=1S/C27H32N4O2/c32-27(23-11-5-2-6-12-23)33-26-14-8-7-13-25(26)31-20-24(28-29-31)19-30-17-15-22(16-18-30)21-9-3-1-4-10-21/h1-6,9-12,20,22,25-26H,7-8,13-19H2/t25-,26-/m1/s1. The van der Waals surface area contributed by atoms with Gasteiger partial charge in [0.2, 0.25) is 0 Å². The summed E-state index contributed by atoms with van der Waals surface area (Å²) in [4.78, 5) is 15.1. The zero-order valence-electron chi connectivity index (χ0n) is 19.1. The minimum atomic E-state index is -0.255. The molecule has 2 aliphatic rings. The maximum Gasteiger partial charge on any atom is 0.338 e. The largest absolute Gasteiger partial charge is 0.456 e. The Balaban J connectivity index is 1.18. The van der Waals surface area contributed by atoms with Crippen molar-refractivity contribution in [3.05, 3.63) is 83.7 Å². The van der Waals surface area contributed by atoms with E-state index in [-0.39, 0.29) is 18.1 Å². The fraction of sp³-hybridized carbons (Fsp3) is 0.444. The van der Waals surface area contributed by atoms with E-state index in [2.05, 4.69) is 51.7 Å². The third kappa shape index (κ3) is 5.33. The minimum Gasteiger partial charge on any atom is -0.456 e. The topological polar surface area (TPSA) is 60.2 Å². The fourth-order valence-electron chi connectivity index (χ4n) is 5.22. The molecule has 3 aromatic rings. The molecule has 172 valence electrons. The molecule has 1 saturated heterocycles. The average Bonchev–Trinajstić information content (AvgIpc) is 3.34. The number of hydrogen-bond acceptors (Lipinski definition) is 5. The molecule has 6 nitrogen and oxygen atoms in total. The van der Waals surface area contributed by atoms with Gasteiger partial charge >= 0.3 is 5.97 Å². The first-order valence-electron chi connectivity index (χ1n) is 12.2. The summed E-state index contributed by atoms with van der Waals surface area (Å²) >= 11 is 0. The summed E-state index contributed by atoms with van der Waals surface area (Å²) in [5.41, 5.74) is 3.04.